The fraction of sp³-hybridized carbons (Fsp3) is 0.979. The van der Waals surface area contributed by atoms with Crippen LogP contribution in [-0.2, 0) is 27.9 Å². The molecule has 0 radical (unpaired) electrons. The number of phosphoric acid groups is 1. The predicted octanol–water partition coefficient (Wildman–Crippen LogP) is 13.9. The number of unbranched alkanes of at least 4 members (excludes halogenated alkanes) is 34. The number of hydrogen-bond acceptors (Lipinski definition) is 8. The molecule has 0 heterocycles. The van der Waals surface area contributed by atoms with E-state index in [4.69, 9.17) is 23.6 Å². The van der Waals surface area contributed by atoms with Crippen molar-refractivity contribution in [1.29, 1.82) is 0 Å². The number of ether oxygens (including phenoxy) is 2. The highest BCUT2D eigenvalue weighted by molar-refractivity contribution is 7.47. The fourth-order valence-corrected chi connectivity index (χ4v) is 8.09. The van der Waals surface area contributed by atoms with Gasteiger partial charge in [0.25, 0.3) is 0 Å². The minimum atomic E-state index is -4.51. The Kier molecular flexibility index (Phi) is 44.6. The van der Waals surface area contributed by atoms with E-state index in [1.54, 1.807) is 0 Å². The Labute approximate surface area is 352 Å². The van der Waals surface area contributed by atoms with Crippen molar-refractivity contribution in [3.63, 3.8) is 0 Å². The standard InChI is InChI=1S/C47H95O9P/c1-3-5-7-9-11-13-15-17-19-20-21-22-23-24-25-26-28-30-32-34-36-38-40-53-43-46(44-55-57(51,52)54-42-45(49)41-48)56-47(50)39-37-35-33-31-29-27-18-16-14-12-10-8-6-4-2/h45-46,48-49H,3-44H2,1-2H3,(H,51,52). The Morgan fingerprint density at radius 3 is 1.14 bits per heavy atom. The average Bonchev–Trinajstić information content (AvgIpc) is 3.20. The predicted molar refractivity (Wildman–Crippen MR) is 238 cm³/mol. The van der Waals surface area contributed by atoms with Gasteiger partial charge in [-0.1, -0.05) is 232 Å². The lowest BCUT2D eigenvalue weighted by Gasteiger charge is -2.20. The summed E-state index contributed by atoms with van der Waals surface area (Å²) in [6.07, 6.45) is 45.0. The molecule has 0 saturated heterocycles. The van der Waals surface area contributed by atoms with Crippen molar-refractivity contribution in [2.24, 2.45) is 0 Å². The summed E-state index contributed by atoms with van der Waals surface area (Å²) in [5.41, 5.74) is 0. The van der Waals surface area contributed by atoms with Crippen LogP contribution in [0.5, 0.6) is 0 Å². The molecule has 10 heteroatoms. The first kappa shape index (κ1) is 56.5. The van der Waals surface area contributed by atoms with Gasteiger partial charge in [0.1, 0.15) is 12.2 Å². The van der Waals surface area contributed by atoms with Gasteiger partial charge in [-0.15, -0.1) is 0 Å². The number of aliphatic hydroxyl groups is 2. The van der Waals surface area contributed by atoms with Crippen LogP contribution in [0.2, 0.25) is 0 Å². The first-order valence-electron chi connectivity index (χ1n) is 24.5. The molecule has 0 aromatic carbocycles. The van der Waals surface area contributed by atoms with Crippen molar-refractivity contribution >= 4 is 13.8 Å². The molecule has 0 rings (SSSR count). The maximum atomic E-state index is 12.6. The van der Waals surface area contributed by atoms with Gasteiger partial charge in [0.2, 0.25) is 0 Å². The normalized spacial score (nSPS) is 13.8. The number of aliphatic hydroxyl groups excluding tert-OH is 2. The van der Waals surface area contributed by atoms with Crippen LogP contribution in [-0.4, -0.2) is 66.3 Å². The van der Waals surface area contributed by atoms with Gasteiger partial charge in [-0.3, -0.25) is 13.8 Å². The van der Waals surface area contributed by atoms with E-state index in [0.717, 1.165) is 32.1 Å². The van der Waals surface area contributed by atoms with Crippen molar-refractivity contribution < 1.29 is 43.0 Å². The van der Waals surface area contributed by atoms with Gasteiger partial charge in [-0.05, 0) is 12.8 Å². The molecular weight excluding hydrogens is 739 g/mol. The zero-order valence-corrected chi connectivity index (χ0v) is 38.5. The summed E-state index contributed by atoms with van der Waals surface area (Å²) in [6, 6.07) is 0. The highest BCUT2D eigenvalue weighted by atomic mass is 31.2. The lowest BCUT2D eigenvalue weighted by atomic mass is 10.0. The molecule has 0 bridgehead atoms. The summed E-state index contributed by atoms with van der Waals surface area (Å²) < 4.78 is 33.5. The summed E-state index contributed by atoms with van der Waals surface area (Å²) in [6.45, 7) is 3.59. The molecule has 0 aliphatic carbocycles. The van der Waals surface area contributed by atoms with Crippen LogP contribution in [0.15, 0.2) is 0 Å². The van der Waals surface area contributed by atoms with E-state index in [9.17, 15) is 19.4 Å². The average molecular weight is 835 g/mol. The highest BCUT2D eigenvalue weighted by Crippen LogP contribution is 2.43. The van der Waals surface area contributed by atoms with Crippen LogP contribution in [0, 0.1) is 0 Å². The van der Waals surface area contributed by atoms with Crippen molar-refractivity contribution in [1.82, 2.24) is 0 Å². The van der Waals surface area contributed by atoms with E-state index in [-0.39, 0.29) is 25.6 Å². The SMILES string of the molecule is CCCCCCCCCCCCCCCCCCCCCCCCOCC(COP(=O)(O)OCC(O)CO)OC(=O)CCCCCCCCCCCCCCCC. The van der Waals surface area contributed by atoms with Gasteiger partial charge in [0.05, 0.1) is 26.4 Å². The summed E-state index contributed by atoms with van der Waals surface area (Å²) in [5.74, 6) is -0.375. The number of carbonyl (C=O) groups is 1. The molecule has 0 aromatic heterocycles. The summed E-state index contributed by atoms with van der Waals surface area (Å²) in [4.78, 5) is 22.6. The zero-order valence-electron chi connectivity index (χ0n) is 37.6. The van der Waals surface area contributed by atoms with Gasteiger partial charge in [0, 0.05) is 13.0 Å². The Morgan fingerprint density at radius 1 is 0.474 bits per heavy atom. The Bertz CT molecular complexity index is 861. The summed E-state index contributed by atoms with van der Waals surface area (Å²) >= 11 is 0. The Balaban J connectivity index is 4.00. The minimum Gasteiger partial charge on any atom is -0.457 e. The molecule has 9 nitrogen and oxygen atoms in total. The molecule has 57 heavy (non-hydrogen) atoms. The largest absolute Gasteiger partial charge is 0.472 e. The van der Waals surface area contributed by atoms with E-state index in [2.05, 4.69) is 13.8 Å². The van der Waals surface area contributed by atoms with Gasteiger partial charge in [0.15, 0.2) is 0 Å². The molecule has 0 amide bonds. The molecule has 0 aliphatic rings. The third kappa shape index (κ3) is 44.8. The first-order valence-corrected chi connectivity index (χ1v) is 26.0. The molecule has 342 valence electrons. The van der Waals surface area contributed by atoms with Crippen molar-refractivity contribution in [3.8, 4) is 0 Å². The quantitative estimate of drug-likeness (QED) is 0.0311. The number of hydrogen-bond donors (Lipinski definition) is 3. The monoisotopic (exact) mass is 835 g/mol. The number of esters is 1. The molecule has 0 saturated carbocycles. The summed E-state index contributed by atoms with van der Waals surface area (Å²) in [5, 5.41) is 18.4. The van der Waals surface area contributed by atoms with E-state index in [0.29, 0.717) is 6.61 Å². The van der Waals surface area contributed by atoms with E-state index >= 15 is 0 Å². The van der Waals surface area contributed by atoms with E-state index in [1.165, 1.54) is 199 Å². The molecule has 0 aromatic rings. The van der Waals surface area contributed by atoms with Crippen LogP contribution in [0.25, 0.3) is 0 Å². The van der Waals surface area contributed by atoms with Crippen LogP contribution in [0.1, 0.15) is 251 Å². The third-order valence-electron chi connectivity index (χ3n) is 11.0. The molecular formula is C47H95O9P. The maximum Gasteiger partial charge on any atom is 0.472 e. The summed E-state index contributed by atoms with van der Waals surface area (Å²) in [7, 11) is -4.51. The highest BCUT2D eigenvalue weighted by Gasteiger charge is 2.26. The zero-order chi connectivity index (χ0) is 41.8. The van der Waals surface area contributed by atoms with Gasteiger partial charge >= 0.3 is 13.8 Å². The molecule has 3 unspecified atom stereocenters. The van der Waals surface area contributed by atoms with Gasteiger partial charge < -0.3 is 24.6 Å². The van der Waals surface area contributed by atoms with Gasteiger partial charge in [-0.2, -0.15) is 0 Å². The van der Waals surface area contributed by atoms with Crippen molar-refractivity contribution in [3.05, 3.63) is 0 Å². The first-order chi connectivity index (χ1) is 27.8. The minimum absolute atomic E-state index is 0.0585. The second-order valence-electron chi connectivity index (χ2n) is 16.9. The van der Waals surface area contributed by atoms with E-state index < -0.39 is 33.2 Å². The Hall–Kier alpha value is -0.540. The lowest BCUT2D eigenvalue weighted by molar-refractivity contribution is -0.154. The topological polar surface area (TPSA) is 132 Å². The van der Waals surface area contributed by atoms with Crippen molar-refractivity contribution in [2.45, 2.75) is 264 Å². The fourth-order valence-electron chi connectivity index (χ4n) is 7.30. The lowest BCUT2D eigenvalue weighted by Crippen LogP contribution is -2.29. The number of phosphoric ester groups is 1. The molecule has 0 aliphatic heterocycles. The van der Waals surface area contributed by atoms with Crippen molar-refractivity contribution in [2.75, 3.05) is 33.0 Å². The molecule has 0 spiro atoms. The van der Waals surface area contributed by atoms with Crippen LogP contribution in [0.3, 0.4) is 0 Å². The molecule has 0 fully saturated rings. The second-order valence-corrected chi connectivity index (χ2v) is 18.3. The third-order valence-corrected chi connectivity index (χ3v) is 12.0. The second kappa shape index (κ2) is 45.0. The molecule has 3 N–H and O–H groups in total. The number of rotatable bonds is 48. The Morgan fingerprint density at radius 2 is 0.789 bits per heavy atom. The van der Waals surface area contributed by atoms with Crippen LogP contribution >= 0.6 is 7.82 Å². The van der Waals surface area contributed by atoms with E-state index in [1.807, 2.05) is 0 Å². The number of carbonyl (C=O) groups excluding carboxylic acids is 1. The van der Waals surface area contributed by atoms with Gasteiger partial charge in [-0.25, -0.2) is 4.57 Å². The molecule has 3 atom stereocenters. The smallest absolute Gasteiger partial charge is 0.457 e. The van der Waals surface area contributed by atoms with Crippen LogP contribution in [0.4, 0.5) is 0 Å². The van der Waals surface area contributed by atoms with Crippen LogP contribution < -0.4 is 0 Å². The maximum absolute atomic E-state index is 12.6.